The van der Waals surface area contributed by atoms with Gasteiger partial charge in [-0.2, -0.15) is 0 Å². The van der Waals surface area contributed by atoms with Crippen LogP contribution in [0.2, 0.25) is 0 Å². The van der Waals surface area contributed by atoms with E-state index in [0.717, 1.165) is 0 Å². The lowest BCUT2D eigenvalue weighted by Crippen LogP contribution is -2.53. The number of aliphatic hydroxyl groups excluding tert-OH is 1. The highest BCUT2D eigenvalue weighted by Gasteiger charge is 2.30. The Kier molecular flexibility index (Phi) is 5.80. The van der Waals surface area contributed by atoms with Crippen molar-refractivity contribution in [2.24, 2.45) is 11.7 Å². The van der Waals surface area contributed by atoms with Gasteiger partial charge in [-0.1, -0.05) is 13.8 Å². The molecule has 1 unspecified atom stereocenters. The molecule has 0 aromatic heterocycles. The van der Waals surface area contributed by atoms with E-state index in [1.807, 2.05) is 5.32 Å². The number of carbonyl (C=O) groups is 2. The summed E-state index contributed by atoms with van der Waals surface area (Å²) in [4.78, 5) is 22.1. The Morgan fingerprint density at radius 3 is 2.29 bits per heavy atom. The minimum absolute atomic E-state index is 0.301. The van der Waals surface area contributed by atoms with Crippen LogP contribution in [0, 0.1) is 5.92 Å². The summed E-state index contributed by atoms with van der Waals surface area (Å²) in [5.74, 6) is -4.46. The lowest BCUT2D eigenvalue weighted by Gasteiger charge is -2.22. The molecule has 0 spiro atoms. The second-order valence-electron chi connectivity index (χ2n) is 3.96. The van der Waals surface area contributed by atoms with Gasteiger partial charge in [0.25, 0.3) is 5.92 Å². The van der Waals surface area contributed by atoms with Crippen LogP contribution < -0.4 is 16.4 Å². The van der Waals surface area contributed by atoms with Crippen LogP contribution in [0.15, 0.2) is 0 Å². The minimum Gasteiger partial charge on any atom is -0.390 e. The summed E-state index contributed by atoms with van der Waals surface area (Å²) in [6.07, 6.45) is 0. The molecule has 0 aliphatic carbocycles. The Morgan fingerprint density at radius 2 is 1.94 bits per heavy atom. The molecule has 0 rings (SSSR count). The first-order chi connectivity index (χ1) is 7.69. The Hall–Kier alpha value is -1.44. The van der Waals surface area contributed by atoms with Gasteiger partial charge < -0.3 is 21.5 Å². The number of nitrogens with two attached hydrogens (primary N) is 1. The number of amides is 3. The number of nitrogens with one attached hydrogen (secondary N) is 2. The smallest absolute Gasteiger partial charge is 0.312 e. The van der Waals surface area contributed by atoms with Crippen molar-refractivity contribution in [1.82, 2.24) is 10.6 Å². The molecule has 17 heavy (non-hydrogen) atoms. The number of halogens is 2. The molecule has 0 heterocycles. The maximum absolute atomic E-state index is 12.7. The summed E-state index contributed by atoms with van der Waals surface area (Å²) in [5.41, 5.74) is 4.86. The van der Waals surface area contributed by atoms with Crippen molar-refractivity contribution in [3.05, 3.63) is 0 Å². The van der Waals surface area contributed by atoms with Crippen molar-refractivity contribution in [2.75, 3.05) is 13.2 Å². The molecule has 0 saturated heterocycles. The summed E-state index contributed by atoms with van der Waals surface area (Å²) in [5, 5.41) is 12.4. The van der Waals surface area contributed by atoms with Crippen LogP contribution >= 0.6 is 0 Å². The molecule has 0 aliphatic heterocycles. The Labute approximate surface area is 97.5 Å². The molecule has 6 nitrogen and oxygen atoms in total. The van der Waals surface area contributed by atoms with E-state index in [0.29, 0.717) is 0 Å². The average Bonchev–Trinajstić information content (AvgIpc) is 2.22. The van der Waals surface area contributed by atoms with Gasteiger partial charge in [-0.25, -0.2) is 13.6 Å². The van der Waals surface area contributed by atoms with Gasteiger partial charge in [-0.3, -0.25) is 4.79 Å². The van der Waals surface area contributed by atoms with Gasteiger partial charge in [0, 0.05) is 0 Å². The molecule has 5 N–H and O–H groups in total. The summed E-state index contributed by atoms with van der Waals surface area (Å²) in [6, 6.07) is -1.89. The third-order valence-electron chi connectivity index (χ3n) is 2.00. The van der Waals surface area contributed by atoms with E-state index in [1.54, 1.807) is 13.8 Å². The molecule has 0 fully saturated rings. The summed E-state index contributed by atoms with van der Waals surface area (Å²) in [6.45, 7) is 0.906. The molecular weight excluding hydrogens is 236 g/mol. The molecule has 0 radical (unpaired) electrons. The number of urea groups is 1. The zero-order chi connectivity index (χ0) is 13.6. The molecule has 8 heteroatoms. The van der Waals surface area contributed by atoms with Crippen molar-refractivity contribution >= 4 is 11.9 Å². The molecule has 0 saturated carbocycles. The highest BCUT2D eigenvalue weighted by Crippen LogP contribution is 2.10. The van der Waals surface area contributed by atoms with Gasteiger partial charge in [-0.05, 0) is 5.92 Å². The summed E-state index contributed by atoms with van der Waals surface area (Å²) < 4.78 is 25.3. The molecule has 0 aliphatic rings. The number of hydrogen-bond donors (Lipinski definition) is 4. The second kappa shape index (κ2) is 6.33. The first kappa shape index (κ1) is 15.6. The molecule has 3 amide bonds. The first-order valence-electron chi connectivity index (χ1n) is 5.02. The van der Waals surface area contributed by atoms with Crippen LogP contribution in [0.3, 0.4) is 0 Å². The van der Waals surface area contributed by atoms with Gasteiger partial charge in [0.05, 0.1) is 6.54 Å². The Balaban J connectivity index is 4.39. The van der Waals surface area contributed by atoms with Gasteiger partial charge in [0.2, 0.25) is 5.91 Å². The minimum atomic E-state index is -3.39. The van der Waals surface area contributed by atoms with E-state index < -0.39 is 37.1 Å². The number of aliphatic hydroxyl groups is 1. The van der Waals surface area contributed by atoms with Gasteiger partial charge >= 0.3 is 6.03 Å². The molecule has 1 atom stereocenters. The fraction of sp³-hybridized carbons (Fsp3) is 0.778. The van der Waals surface area contributed by atoms with E-state index in [9.17, 15) is 18.4 Å². The topological polar surface area (TPSA) is 104 Å². The van der Waals surface area contributed by atoms with Crippen molar-refractivity contribution in [2.45, 2.75) is 25.8 Å². The van der Waals surface area contributed by atoms with E-state index in [4.69, 9.17) is 10.8 Å². The van der Waals surface area contributed by atoms with Gasteiger partial charge in [-0.15, -0.1) is 0 Å². The Bertz CT molecular complexity index is 285. The molecular formula is C9H17F2N3O3. The molecule has 0 aromatic rings. The van der Waals surface area contributed by atoms with E-state index in [-0.39, 0.29) is 5.92 Å². The second-order valence-corrected chi connectivity index (χ2v) is 3.96. The van der Waals surface area contributed by atoms with Crippen LogP contribution in [-0.2, 0) is 4.79 Å². The van der Waals surface area contributed by atoms with Crippen molar-refractivity contribution in [1.29, 1.82) is 0 Å². The highest BCUT2D eigenvalue weighted by molar-refractivity contribution is 5.86. The zero-order valence-electron chi connectivity index (χ0n) is 9.67. The van der Waals surface area contributed by atoms with Crippen molar-refractivity contribution in [3.63, 3.8) is 0 Å². The summed E-state index contributed by atoms with van der Waals surface area (Å²) in [7, 11) is 0. The first-order valence-corrected chi connectivity index (χ1v) is 5.02. The largest absolute Gasteiger partial charge is 0.390 e. The third-order valence-corrected chi connectivity index (χ3v) is 2.00. The predicted molar refractivity (Wildman–Crippen MR) is 56.4 cm³/mol. The number of rotatable bonds is 6. The number of alkyl halides is 2. The number of carbonyl (C=O) groups excluding carboxylic acids is 2. The SMILES string of the molecule is CC(C)C(NC(N)=O)C(=O)NCC(F)(F)CO. The fourth-order valence-electron chi connectivity index (χ4n) is 1.07. The van der Waals surface area contributed by atoms with Crippen LogP contribution in [0.5, 0.6) is 0 Å². The highest BCUT2D eigenvalue weighted by atomic mass is 19.3. The molecule has 0 bridgehead atoms. The maximum atomic E-state index is 12.7. The molecule has 0 aromatic carbocycles. The average molecular weight is 253 g/mol. The Morgan fingerprint density at radius 1 is 1.41 bits per heavy atom. The standard InChI is InChI=1S/C9H17F2N3O3/c1-5(2)6(14-8(12)17)7(16)13-3-9(10,11)4-15/h5-6,15H,3-4H2,1-2H3,(H,13,16)(H3,12,14,17). The maximum Gasteiger partial charge on any atom is 0.312 e. The van der Waals surface area contributed by atoms with E-state index in [2.05, 4.69) is 5.32 Å². The van der Waals surface area contributed by atoms with Crippen LogP contribution in [-0.4, -0.2) is 42.2 Å². The van der Waals surface area contributed by atoms with Crippen LogP contribution in [0.25, 0.3) is 0 Å². The monoisotopic (exact) mass is 253 g/mol. The lowest BCUT2D eigenvalue weighted by molar-refractivity contribution is -0.126. The number of primary amides is 1. The lowest BCUT2D eigenvalue weighted by atomic mass is 10.0. The van der Waals surface area contributed by atoms with Crippen LogP contribution in [0.4, 0.5) is 13.6 Å². The predicted octanol–water partition coefficient (Wildman–Crippen LogP) is -0.577. The third kappa shape index (κ3) is 6.00. The number of hydrogen-bond acceptors (Lipinski definition) is 3. The quantitative estimate of drug-likeness (QED) is 0.509. The fourth-order valence-corrected chi connectivity index (χ4v) is 1.07. The van der Waals surface area contributed by atoms with Crippen molar-refractivity contribution < 1.29 is 23.5 Å². The normalized spacial score (nSPS) is 13.3. The van der Waals surface area contributed by atoms with Crippen LogP contribution in [0.1, 0.15) is 13.8 Å². The van der Waals surface area contributed by atoms with E-state index in [1.165, 1.54) is 0 Å². The molecule has 100 valence electrons. The van der Waals surface area contributed by atoms with Gasteiger partial charge in [0.1, 0.15) is 12.6 Å². The summed E-state index contributed by atoms with van der Waals surface area (Å²) >= 11 is 0. The van der Waals surface area contributed by atoms with Gasteiger partial charge in [0.15, 0.2) is 0 Å². The zero-order valence-corrected chi connectivity index (χ0v) is 9.67. The van der Waals surface area contributed by atoms with Crippen molar-refractivity contribution in [3.8, 4) is 0 Å². The van der Waals surface area contributed by atoms with E-state index >= 15 is 0 Å².